The van der Waals surface area contributed by atoms with E-state index in [0.717, 1.165) is 6.42 Å². The maximum atomic E-state index is 11.3. The number of halogens is 2. The average Bonchev–Trinajstić information content (AvgIpc) is 2.29. The molecule has 0 atom stereocenters. The van der Waals surface area contributed by atoms with Crippen LogP contribution >= 0.6 is 23.2 Å². The Kier molecular flexibility index (Phi) is 5.59. The summed E-state index contributed by atoms with van der Waals surface area (Å²) in [6.07, 6.45) is 0.938. The number of benzene rings is 1. The first-order chi connectivity index (χ1) is 8.08. The van der Waals surface area contributed by atoms with Crippen molar-refractivity contribution in [2.24, 2.45) is 0 Å². The summed E-state index contributed by atoms with van der Waals surface area (Å²) < 4.78 is 10.1. The minimum atomic E-state index is -0.365. The van der Waals surface area contributed by atoms with Gasteiger partial charge in [0.1, 0.15) is 5.75 Å². The second-order valence-electron chi connectivity index (χ2n) is 3.47. The van der Waals surface area contributed by atoms with Crippen molar-refractivity contribution >= 4 is 29.2 Å². The SMILES string of the molecule is CCCOc1cc(Cl)cc(Cl)c1CC(=O)OC. The number of esters is 1. The standard InChI is InChI=1S/C12H14Cl2O3/c1-3-4-17-11-6-8(13)5-10(14)9(11)7-12(15)16-2/h5-6H,3-4,7H2,1-2H3. The highest BCUT2D eigenvalue weighted by atomic mass is 35.5. The van der Waals surface area contributed by atoms with Gasteiger partial charge in [0.25, 0.3) is 0 Å². The summed E-state index contributed by atoms with van der Waals surface area (Å²) in [5, 5.41) is 0.892. The lowest BCUT2D eigenvalue weighted by atomic mass is 10.1. The summed E-state index contributed by atoms with van der Waals surface area (Å²) in [7, 11) is 1.33. The van der Waals surface area contributed by atoms with E-state index in [1.54, 1.807) is 12.1 Å². The van der Waals surface area contributed by atoms with Gasteiger partial charge in [-0.1, -0.05) is 30.1 Å². The zero-order valence-corrected chi connectivity index (χ0v) is 11.3. The maximum Gasteiger partial charge on any atom is 0.310 e. The molecule has 5 heteroatoms. The largest absolute Gasteiger partial charge is 0.493 e. The molecule has 94 valence electrons. The fourth-order valence-corrected chi connectivity index (χ4v) is 1.85. The summed E-state index contributed by atoms with van der Waals surface area (Å²) in [5.41, 5.74) is 0.608. The summed E-state index contributed by atoms with van der Waals surface area (Å²) >= 11 is 11.9. The molecular formula is C12H14Cl2O3. The van der Waals surface area contributed by atoms with Crippen molar-refractivity contribution < 1.29 is 14.3 Å². The molecule has 0 unspecified atom stereocenters. The predicted octanol–water partition coefficient (Wildman–Crippen LogP) is 3.50. The highest BCUT2D eigenvalue weighted by Crippen LogP contribution is 2.31. The lowest BCUT2D eigenvalue weighted by molar-refractivity contribution is -0.139. The van der Waals surface area contributed by atoms with Gasteiger partial charge in [0.05, 0.1) is 20.1 Å². The van der Waals surface area contributed by atoms with Crippen LogP contribution in [0.15, 0.2) is 12.1 Å². The molecule has 0 saturated carbocycles. The molecule has 0 amide bonds. The Bertz CT molecular complexity index is 405. The van der Waals surface area contributed by atoms with E-state index in [1.807, 2.05) is 6.92 Å². The molecule has 1 aromatic carbocycles. The Balaban J connectivity index is 3.02. The smallest absolute Gasteiger partial charge is 0.310 e. The molecule has 0 saturated heterocycles. The van der Waals surface area contributed by atoms with Gasteiger partial charge >= 0.3 is 5.97 Å². The average molecular weight is 277 g/mol. The number of carbonyl (C=O) groups excluding carboxylic acids is 1. The van der Waals surface area contributed by atoms with Crippen molar-refractivity contribution in [1.82, 2.24) is 0 Å². The van der Waals surface area contributed by atoms with E-state index in [4.69, 9.17) is 27.9 Å². The lowest BCUT2D eigenvalue weighted by Gasteiger charge is -2.12. The molecule has 17 heavy (non-hydrogen) atoms. The van der Waals surface area contributed by atoms with Gasteiger partial charge in [0.15, 0.2) is 0 Å². The van der Waals surface area contributed by atoms with E-state index in [1.165, 1.54) is 7.11 Å². The third-order valence-electron chi connectivity index (χ3n) is 2.13. The van der Waals surface area contributed by atoms with E-state index >= 15 is 0 Å². The highest BCUT2D eigenvalue weighted by molar-refractivity contribution is 6.35. The van der Waals surface area contributed by atoms with Crippen molar-refractivity contribution in [3.63, 3.8) is 0 Å². The number of rotatable bonds is 5. The van der Waals surface area contributed by atoms with Gasteiger partial charge in [-0.15, -0.1) is 0 Å². The van der Waals surface area contributed by atoms with Gasteiger partial charge < -0.3 is 9.47 Å². The van der Waals surface area contributed by atoms with Crippen LogP contribution in [0.5, 0.6) is 5.75 Å². The normalized spacial score (nSPS) is 10.1. The van der Waals surface area contributed by atoms with Crippen molar-refractivity contribution in [3.05, 3.63) is 27.7 Å². The number of hydrogen-bond donors (Lipinski definition) is 0. The number of carbonyl (C=O) groups is 1. The zero-order chi connectivity index (χ0) is 12.8. The molecule has 1 rings (SSSR count). The second kappa shape index (κ2) is 6.72. The quantitative estimate of drug-likeness (QED) is 0.773. The fourth-order valence-electron chi connectivity index (χ4n) is 1.31. The molecule has 1 aromatic rings. The number of ether oxygens (including phenoxy) is 2. The lowest BCUT2D eigenvalue weighted by Crippen LogP contribution is -2.08. The third-order valence-corrected chi connectivity index (χ3v) is 2.69. The van der Waals surface area contributed by atoms with E-state index in [-0.39, 0.29) is 12.4 Å². The van der Waals surface area contributed by atoms with Crippen LogP contribution in [0.2, 0.25) is 10.0 Å². The molecule has 0 aliphatic rings. The molecule has 0 aromatic heterocycles. The van der Waals surface area contributed by atoms with E-state index in [9.17, 15) is 4.79 Å². The Labute approximate surface area is 111 Å². The summed E-state index contributed by atoms with van der Waals surface area (Å²) in [6.45, 7) is 2.54. The molecule has 0 radical (unpaired) electrons. The zero-order valence-electron chi connectivity index (χ0n) is 9.76. The van der Waals surface area contributed by atoms with Gasteiger partial charge in [-0.25, -0.2) is 0 Å². The van der Waals surface area contributed by atoms with E-state index in [0.29, 0.717) is 28.0 Å². The molecule has 0 aliphatic carbocycles. The van der Waals surface area contributed by atoms with Gasteiger partial charge in [-0.2, -0.15) is 0 Å². The Morgan fingerprint density at radius 3 is 2.65 bits per heavy atom. The van der Waals surface area contributed by atoms with Gasteiger partial charge in [0, 0.05) is 15.6 Å². The summed E-state index contributed by atoms with van der Waals surface area (Å²) in [6, 6.07) is 3.24. The van der Waals surface area contributed by atoms with Crippen LogP contribution in [-0.2, 0) is 16.0 Å². The molecular weight excluding hydrogens is 263 g/mol. The predicted molar refractivity (Wildman–Crippen MR) is 68.0 cm³/mol. The highest BCUT2D eigenvalue weighted by Gasteiger charge is 2.14. The molecule has 0 aliphatic heterocycles. The first-order valence-corrected chi connectivity index (χ1v) is 6.01. The van der Waals surface area contributed by atoms with Crippen molar-refractivity contribution in [3.8, 4) is 5.75 Å². The van der Waals surface area contributed by atoms with Crippen molar-refractivity contribution in [2.45, 2.75) is 19.8 Å². The topological polar surface area (TPSA) is 35.5 Å². The second-order valence-corrected chi connectivity index (χ2v) is 4.31. The molecule has 3 nitrogen and oxygen atoms in total. The first-order valence-electron chi connectivity index (χ1n) is 5.26. The fraction of sp³-hybridized carbons (Fsp3) is 0.417. The number of methoxy groups -OCH3 is 1. The molecule has 0 fully saturated rings. The Morgan fingerprint density at radius 2 is 2.06 bits per heavy atom. The summed E-state index contributed by atoms with van der Waals surface area (Å²) in [4.78, 5) is 11.3. The Morgan fingerprint density at radius 1 is 1.35 bits per heavy atom. The van der Waals surface area contributed by atoms with Crippen LogP contribution in [0.1, 0.15) is 18.9 Å². The van der Waals surface area contributed by atoms with Gasteiger partial charge in [-0.3, -0.25) is 4.79 Å². The first kappa shape index (κ1) is 14.1. The van der Waals surface area contributed by atoms with Crippen molar-refractivity contribution in [2.75, 3.05) is 13.7 Å². The maximum absolute atomic E-state index is 11.3. The minimum Gasteiger partial charge on any atom is -0.493 e. The summed E-state index contributed by atoms with van der Waals surface area (Å²) in [5.74, 6) is 0.172. The monoisotopic (exact) mass is 276 g/mol. The van der Waals surface area contributed by atoms with Crippen LogP contribution in [0.3, 0.4) is 0 Å². The molecule has 0 bridgehead atoms. The van der Waals surface area contributed by atoms with Crippen LogP contribution in [0.25, 0.3) is 0 Å². The number of hydrogen-bond acceptors (Lipinski definition) is 3. The Hall–Kier alpha value is -0.930. The van der Waals surface area contributed by atoms with Crippen LogP contribution in [0, 0.1) is 0 Å². The van der Waals surface area contributed by atoms with E-state index < -0.39 is 0 Å². The van der Waals surface area contributed by atoms with Crippen LogP contribution < -0.4 is 4.74 Å². The van der Waals surface area contributed by atoms with Gasteiger partial charge in [-0.05, 0) is 18.6 Å². The molecule has 0 heterocycles. The van der Waals surface area contributed by atoms with Crippen LogP contribution in [0.4, 0.5) is 0 Å². The van der Waals surface area contributed by atoms with Gasteiger partial charge in [0.2, 0.25) is 0 Å². The van der Waals surface area contributed by atoms with Crippen LogP contribution in [-0.4, -0.2) is 19.7 Å². The van der Waals surface area contributed by atoms with E-state index in [2.05, 4.69) is 4.74 Å². The third kappa shape index (κ3) is 4.10. The minimum absolute atomic E-state index is 0.0750. The molecule has 0 spiro atoms. The van der Waals surface area contributed by atoms with Crippen molar-refractivity contribution in [1.29, 1.82) is 0 Å². The molecule has 0 N–H and O–H groups in total.